The van der Waals surface area contributed by atoms with Gasteiger partial charge in [-0.05, 0) is 31.7 Å². The minimum Gasteiger partial charge on any atom is -0.355 e. The van der Waals surface area contributed by atoms with Gasteiger partial charge in [0.25, 0.3) is 0 Å². The summed E-state index contributed by atoms with van der Waals surface area (Å²) in [4.78, 5) is 13.3. The Morgan fingerprint density at radius 2 is 2.29 bits per heavy atom. The molecular formula is C13H17N3O. The molecule has 0 saturated heterocycles. The molecule has 4 heteroatoms. The highest BCUT2D eigenvalue weighted by Crippen LogP contribution is 2.06. The second kappa shape index (κ2) is 6.66. The fraction of sp³-hybridized carbons (Fsp3) is 0.385. The fourth-order valence-corrected chi connectivity index (χ4v) is 1.61. The van der Waals surface area contributed by atoms with Gasteiger partial charge in [-0.15, -0.1) is 0 Å². The zero-order chi connectivity index (χ0) is 12.7. The van der Waals surface area contributed by atoms with Crippen molar-refractivity contribution in [1.29, 1.82) is 5.26 Å². The van der Waals surface area contributed by atoms with Gasteiger partial charge < -0.3 is 5.32 Å². The maximum Gasteiger partial charge on any atom is 0.234 e. The van der Waals surface area contributed by atoms with Crippen LogP contribution in [0.15, 0.2) is 24.3 Å². The van der Waals surface area contributed by atoms with Gasteiger partial charge in [0.1, 0.15) is 0 Å². The van der Waals surface area contributed by atoms with Crippen molar-refractivity contribution in [3.8, 4) is 6.07 Å². The number of hydrogen-bond donors (Lipinski definition) is 1. The first-order chi connectivity index (χ1) is 8.15. The summed E-state index contributed by atoms with van der Waals surface area (Å²) < 4.78 is 0. The number of nitrogens with one attached hydrogen (secondary N) is 1. The van der Waals surface area contributed by atoms with Crippen LogP contribution in [0.25, 0.3) is 0 Å². The summed E-state index contributed by atoms with van der Waals surface area (Å²) in [5.41, 5.74) is 1.68. The molecule has 0 aliphatic heterocycles. The number of carbonyl (C=O) groups excluding carboxylic acids is 1. The van der Waals surface area contributed by atoms with Gasteiger partial charge in [-0.3, -0.25) is 9.69 Å². The van der Waals surface area contributed by atoms with E-state index < -0.39 is 0 Å². The summed E-state index contributed by atoms with van der Waals surface area (Å²) in [5.74, 6) is 0.0198. The number of benzene rings is 1. The van der Waals surface area contributed by atoms with Crippen molar-refractivity contribution in [2.75, 3.05) is 20.1 Å². The molecule has 0 fully saturated rings. The van der Waals surface area contributed by atoms with Crippen LogP contribution in [0.4, 0.5) is 0 Å². The number of hydrogen-bond acceptors (Lipinski definition) is 3. The molecule has 4 nitrogen and oxygen atoms in total. The topological polar surface area (TPSA) is 56.1 Å². The van der Waals surface area contributed by atoms with Crippen LogP contribution < -0.4 is 5.32 Å². The molecule has 90 valence electrons. The van der Waals surface area contributed by atoms with Gasteiger partial charge in [-0.1, -0.05) is 12.1 Å². The zero-order valence-electron chi connectivity index (χ0n) is 10.2. The Bertz CT molecular complexity index is 423. The van der Waals surface area contributed by atoms with Crippen LogP contribution in [0, 0.1) is 11.3 Å². The summed E-state index contributed by atoms with van der Waals surface area (Å²) in [6.07, 6.45) is 0. The minimum atomic E-state index is 0.0198. The third kappa shape index (κ3) is 4.66. The van der Waals surface area contributed by atoms with Crippen LogP contribution in [0.1, 0.15) is 18.1 Å². The van der Waals surface area contributed by atoms with Crippen molar-refractivity contribution in [2.45, 2.75) is 13.5 Å². The zero-order valence-corrected chi connectivity index (χ0v) is 10.2. The first-order valence-corrected chi connectivity index (χ1v) is 5.60. The lowest BCUT2D eigenvalue weighted by Crippen LogP contribution is -2.34. The average Bonchev–Trinajstić information content (AvgIpc) is 2.29. The van der Waals surface area contributed by atoms with Crippen molar-refractivity contribution >= 4 is 5.91 Å². The number of carbonyl (C=O) groups is 1. The van der Waals surface area contributed by atoms with Crippen LogP contribution in [0.2, 0.25) is 0 Å². The SMILES string of the molecule is CCNC(=O)CN(C)Cc1cccc(C#N)c1. The molecule has 1 aromatic carbocycles. The predicted octanol–water partition coefficient (Wildman–Crippen LogP) is 1.13. The summed E-state index contributed by atoms with van der Waals surface area (Å²) in [7, 11) is 1.88. The number of rotatable bonds is 5. The van der Waals surface area contributed by atoms with E-state index in [4.69, 9.17) is 5.26 Å². The molecule has 0 heterocycles. The lowest BCUT2D eigenvalue weighted by atomic mass is 10.1. The molecule has 0 radical (unpaired) electrons. The number of amides is 1. The van der Waals surface area contributed by atoms with Crippen molar-refractivity contribution in [1.82, 2.24) is 10.2 Å². The highest BCUT2D eigenvalue weighted by Gasteiger charge is 2.06. The van der Waals surface area contributed by atoms with Crippen molar-refractivity contribution in [3.05, 3.63) is 35.4 Å². The van der Waals surface area contributed by atoms with Gasteiger partial charge in [-0.2, -0.15) is 5.26 Å². The number of nitrogens with zero attached hydrogens (tertiary/aromatic N) is 2. The summed E-state index contributed by atoms with van der Waals surface area (Å²) in [6, 6.07) is 9.52. The van der Waals surface area contributed by atoms with Gasteiger partial charge in [0.05, 0.1) is 18.2 Å². The monoisotopic (exact) mass is 231 g/mol. The molecule has 0 aliphatic carbocycles. The minimum absolute atomic E-state index is 0.0198. The van der Waals surface area contributed by atoms with Crippen LogP contribution in [0.3, 0.4) is 0 Å². The predicted molar refractivity (Wildman–Crippen MR) is 66.2 cm³/mol. The molecule has 17 heavy (non-hydrogen) atoms. The normalized spacial score (nSPS) is 10.0. The molecule has 0 spiro atoms. The Kier molecular flexibility index (Phi) is 5.18. The van der Waals surface area contributed by atoms with E-state index in [-0.39, 0.29) is 5.91 Å². The summed E-state index contributed by atoms with van der Waals surface area (Å²) in [5, 5.41) is 11.5. The molecule has 1 N–H and O–H groups in total. The maximum absolute atomic E-state index is 11.4. The molecule has 0 bridgehead atoms. The van der Waals surface area contributed by atoms with Gasteiger partial charge >= 0.3 is 0 Å². The molecule has 0 unspecified atom stereocenters. The molecule has 0 aromatic heterocycles. The Morgan fingerprint density at radius 3 is 2.94 bits per heavy atom. The smallest absolute Gasteiger partial charge is 0.234 e. The molecular weight excluding hydrogens is 214 g/mol. The first-order valence-electron chi connectivity index (χ1n) is 5.60. The lowest BCUT2D eigenvalue weighted by molar-refractivity contribution is -0.121. The molecule has 0 saturated carbocycles. The van der Waals surface area contributed by atoms with Gasteiger partial charge in [0.15, 0.2) is 0 Å². The van der Waals surface area contributed by atoms with Crippen molar-refractivity contribution < 1.29 is 4.79 Å². The highest BCUT2D eigenvalue weighted by atomic mass is 16.1. The van der Waals surface area contributed by atoms with E-state index >= 15 is 0 Å². The lowest BCUT2D eigenvalue weighted by Gasteiger charge is -2.16. The second-order valence-corrected chi connectivity index (χ2v) is 3.94. The Morgan fingerprint density at radius 1 is 1.53 bits per heavy atom. The Balaban J connectivity index is 2.53. The molecule has 1 rings (SSSR count). The highest BCUT2D eigenvalue weighted by molar-refractivity contribution is 5.77. The van der Waals surface area contributed by atoms with Gasteiger partial charge in [0.2, 0.25) is 5.91 Å². The van der Waals surface area contributed by atoms with Crippen LogP contribution in [0.5, 0.6) is 0 Å². The number of likely N-dealkylation sites (N-methyl/N-ethyl adjacent to an activating group) is 2. The molecule has 0 atom stereocenters. The van der Waals surface area contributed by atoms with E-state index in [1.807, 2.05) is 37.1 Å². The van der Waals surface area contributed by atoms with Crippen LogP contribution in [-0.4, -0.2) is 30.9 Å². The van der Waals surface area contributed by atoms with E-state index in [1.54, 1.807) is 6.07 Å². The third-order valence-corrected chi connectivity index (χ3v) is 2.30. The third-order valence-electron chi connectivity index (χ3n) is 2.30. The number of nitriles is 1. The van der Waals surface area contributed by atoms with E-state index in [9.17, 15) is 4.79 Å². The van der Waals surface area contributed by atoms with Gasteiger partial charge in [0, 0.05) is 13.1 Å². The van der Waals surface area contributed by atoms with Crippen LogP contribution >= 0.6 is 0 Å². The second-order valence-electron chi connectivity index (χ2n) is 3.94. The molecule has 1 amide bonds. The van der Waals surface area contributed by atoms with Crippen molar-refractivity contribution in [2.24, 2.45) is 0 Å². The van der Waals surface area contributed by atoms with E-state index in [1.165, 1.54) is 0 Å². The van der Waals surface area contributed by atoms with E-state index in [2.05, 4.69) is 11.4 Å². The Labute approximate surface area is 102 Å². The Hall–Kier alpha value is -1.86. The van der Waals surface area contributed by atoms with Gasteiger partial charge in [-0.25, -0.2) is 0 Å². The largest absolute Gasteiger partial charge is 0.355 e. The first kappa shape index (κ1) is 13.2. The van der Waals surface area contributed by atoms with Crippen molar-refractivity contribution in [3.63, 3.8) is 0 Å². The molecule has 0 aliphatic rings. The van der Waals surface area contributed by atoms with E-state index in [0.717, 1.165) is 5.56 Å². The van der Waals surface area contributed by atoms with E-state index in [0.29, 0.717) is 25.2 Å². The maximum atomic E-state index is 11.4. The summed E-state index contributed by atoms with van der Waals surface area (Å²) >= 11 is 0. The standard InChI is InChI=1S/C13H17N3O/c1-3-15-13(17)10-16(2)9-12-6-4-5-11(7-12)8-14/h4-7H,3,9-10H2,1-2H3,(H,15,17). The average molecular weight is 231 g/mol. The summed E-state index contributed by atoms with van der Waals surface area (Å²) in [6.45, 7) is 3.57. The van der Waals surface area contributed by atoms with Crippen LogP contribution in [-0.2, 0) is 11.3 Å². The molecule has 1 aromatic rings. The quantitative estimate of drug-likeness (QED) is 0.826. The fourth-order valence-electron chi connectivity index (χ4n) is 1.61.